The summed E-state index contributed by atoms with van der Waals surface area (Å²) in [5.41, 5.74) is -1.24. The van der Waals surface area contributed by atoms with Crippen molar-refractivity contribution in [2.24, 2.45) is 0 Å². The smallest absolute Gasteiger partial charge is 0.155 e. The van der Waals surface area contributed by atoms with Gasteiger partial charge >= 0.3 is 0 Å². The molecule has 80 valence electrons. The quantitative estimate of drug-likeness (QED) is 0.738. The first-order valence-corrected chi connectivity index (χ1v) is 5.31. The summed E-state index contributed by atoms with van der Waals surface area (Å²) >= 11 is 5.90. The molecule has 1 aliphatic carbocycles. The fourth-order valence-electron chi connectivity index (χ4n) is 1.88. The summed E-state index contributed by atoms with van der Waals surface area (Å²) in [4.78, 5) is 15.0. The highest BCUT2D eigenvalue weighted by Gasteiger charge is 2.39. The molecule has 0 bridgehead atoms. The molecule has 0 aromatic carbocycles. The minimum Gasteiger partial charge on any atom is -0.300 e. The van der Waals surface area contributed by atoms with E-state index in [4.69, 9.17) is 11.6 Å². The van der Waals surface area contributed by atoms with E-state index in [9.17, 15) is 9.18 Å². The molecule has 15 heavy (non-hydrogen) atoms. The van der Waals surface area contributed by atoms with Crippen molar-refractivity contribution in [3.63, 3.8) is 0 Å². The summed E-state index contributed by atoms with van der Waals surface area (Å²) in [5.74, 6) is 0.121. The monoisotopic (exact) mass is 227 g/mol. The van der Waals surface area contributed by atoms with Gasteiger partial charge in [-0.1, -0.05) is 11.6 Å². The standard InChI is InChI=1S/C11H11ClFNO/c12-9-2-1-7-14-10(9)11(13)5-3-8(15)4-6-11/h1-2,7H,3-6H2. The van der Waals surface area contributed by atoms with Crippen LogP contribution in [0.4, 0.5) is 4.39 Å². The molecule has 1 heterocycles. The van der Waals surface area contributed by atoms with E-state index in [2.05, 4.69) is 4.98 Å². The number of pyridine rings is 1. The summed E-state index contributed by atoms with van der Waals surface area (Å²) in [6, 6.07) is 3.30. The fraction of sp³-hybridized carbons (Fsp3) is 0.455. The van der Waals surface area contributed by atoms with Gasteiger partial charge in [0.25, 0.3) is 0 Å². The first kappa shape index (κ1) is 10.6. The molecule has 4 heteroatoms. The zero-order valence-corrected chi connectivity index (χ0v) is 8.93. The van der Waals surface area contributed by atoms with Gasteiger partial charge in [0.15, 0.2) is 5.67 Å². The number of hydrogen-bond acceptors (Lipinski definition) is 2. The number of halogens is 2. The second-order valence-electron chi connectivity index (χ2n) is 3.84. The van der Waals surface area contributed by atoms with Crippen LogP contribution in [0, 0.1) is 0 Å². The van der Waals surface area contributed by atoms with Crippen molar-refractivity contribution in [1.82, 2.24) is 4.98 Å². The van der Waals surface area contributed by atoms with Gasteiger partial charge < -0.3 is 0 Å². The van der Waals surface area contributed by atoms with Crippen molar-refractivity contribution in [3.05, 3.63) is 29.0 Å². The molecule has 2 rings (SSSR count). The maximum atomic E-state index is 14.4. The lowest BCUT2D eigenvalue weighted by Gasteiger charge is -2.28. The number of aromatic nitrogens is 1. The van der Waals surface area contributed by atoms with E-state index in [1.165, 1.54) is 6.20 Å². The number of rotatable bonds is 1. The summed E-state index contributed by atoms with van der Waals surface area (Å²) in [7, 11) is 0. The van der Waals surface area contributed by atoms with Crippen molar-refractivity contribution in [1.29, 1.82) is 0 Å². The third kappa shape index (κ3) is 2.02. The van der Waals surface area contributed by atoms with Crippen molar-refractivity contribution in [2.45, 2.75) is 31.4 Å². The highest BCUT2D eigenvalue weighted by Crippen LogP contribution is 2.41. The lowest BCUT2D eigenvalue weighted by molar-refractivity contribution is -0.123. The molecular weight excluding hydrogens is 217 g/mol. The van der Waals surface area contributed by atoms with Gasteiger partial charge in [0.2, 0.25) is 0 Å². The first-order chi connectivity index (χ1) is 7.12. The lowest BCUT2D eigenvalue weighted by Crippen LogP contribution is -2.28. The predicted molar refractivity (Wildman–Crippen MR) is 55.5 cm³/mol. The Kier molecular flexibility index (Phi) is 2.74. The van der Waals surface area contributed by atoms with E-state index in [0.717, 1.165) is 0 Å². The average molecular weight is 228 g/mol. The molecule has 0 radical (unpaired) electrons. The third-order valence-electron chi connectivity index (χ3n) is 2.78. The molecule has 1 aromatic heterocycles. The summed E-state index contributed by atoms with van der Waals surface area (Å²) in [6.45, 7) is 0. The van der Waals surface area contributed by atoms with E-state index >= 15 is 0 Å². The van der Waals surface area contributed by atoms with Gasteiger partial charge in [0.05, 0.1) is 10.7 Å². The molecule has 0 unspecified atom stereocenters. The van der Waals surface area contributed by atoms with Crippen LogP contribution in [0.2, 0.25) is 5.02 Å². The zero-order valence-electron chi connectivity index (χ0n) is 8.17. The molecule has 0 amide bonds. The first-order valence-electron chi connectivity index (χ1n) is 4.93. The number of nitrogens with zero attached hydrogens (tertiary/aromatic N) is 1. The Labute approximate surface area is 92.5 Å². The van der Waals surface area contributed by atoms with E-state index < -0.39 is 5.67 Å². The van der Waals surface area contributed by atoms with Crippen LogP contribution in [0.1, 0.15) is 31.4 Å². The lowest BCUT2D eigenvalue weighted by atomic mass is 9.83. The predicted octanol–water partition coefficient (Wildman–Crippen LogP) is 3.04. The molecule has 0 atom stereocenters. The van der Waals surface area contributed by atoms with Crippen molar-refractivity contribution >= 4 is 17.4 Å². The molecule has 2 nitrogen and oxygen atoms in total. The van der Waals surface area contributed by atoms with Crippen LogP contribution in [-0.4, -0.2) is 10.8 Å². The summed E-state index contributed by atoms with van der Waals surface area (Å²) in [5, 5.41) is 0.342. The zero-order chi connectivity index (χ0) is 10.9. The van der Waals surface area contributed by atoms with Crippen LogP contribution in [0.5, 0.6) is 0 Å². The number of carbonyl (C=O) groups excluding carboxylic acids is 1. The van der Waals surface area contributed by atoms with Crippen LogP contribution < -0.4 is 0 Å². The number of ketones is 1. The second-order valence-corrected chi connectivity index (χ2v) is 4.25. The van der Waals surface area contributed by atoms with Crippen LogP contribution in [0.25, 0.3) is 0 Å². The van der Waals surface area contributed by atoms with Gasteiger partial charge in [-0.15, -0.1) is 0 Å². The Morgan fingerprint density at radius 1 is 1.40 bits per heavy atom. The van der Waals surface area contributed by atoms with Crippen LogP contribution in [0.15, 0.2) is 18.3 Å². The topological polar surface area (TPSA) is 30.0 Å². The number of carbonyl (C=O) groups is 1. The molecule has 0 N–H and O–H groups in total. The van der Waals surface area contributed by atoms with E-state index in [-0.39, 0.29) is 37.2 Å². The van der Waals surface area contributed by atoms with E-state index in [1.54, 1.807) is 12.1 Å². The molecule has 0 aliphatic heterocycles. The molecule has 1 saturated carbocycles. The van der Waals surface area contributed by atoms with Gasteiger partial charge in [-0.05, 0) is 25.0 Å². The normalized spacial score (nSPS) is 20.3. The Bertz CT molecular complexity index is 384. The Balaban J connectivity index is 2.30. The van der Waals surface area contributed by atoms with E-state index in [1.807, 2.05) is 0 Å². The van der Waals surface area contributed by atoms with Gasteiger partial charge in [0, 0.05) is 19.0 Å². The Hall–Kier alpha value is -0.960. The molecular formula is C11H11ClFNO. The summed E-state index contributed by atoms with van der Waals surface area (Å²) < 4.78 is 14.4. The maximum Gasteiger partial charge on any atom is 0.155 e. The number of Topliss-reactive ketones (excluding diaryl/α,β-unsaturated/α-hetero) is 1. The molecule has 1 aliphatic rings. The second kappa shape index (κ2) is 3.89. The highest BCUT2D eigenvalue weighted by molar-refractivity contribution is 6.31. The molecule has 1 aromatic rings. The SMILES string of the molecule is O=C1CCC(F)(c2ncccc2Cl)CC1. The van der Waals surface area contributed by atoms with E-state index in [0.29, 0.717) is 5.02 Å². The number of hydrogen-bond donors (Lipinski definition) is 0. The fourth-order valence-corrected chi connectivity index (χ4v) is 2.17. The average Bonchev–Trinajstić information content (AvgIpc) is 2.23. The van der Waals surface area contributed by atoms with Gasteiger partial charge in [-0.25, -0.2) is 4.39 Å². The molecule has 1 fully saturated rings. The Morgan fingerprint density at radius 2 is 2.07 bits per heavy atom. The van der Waals surface area contributed by atoms with Crippen molar-refractivity contribution < 1.29 is 9.18 Å². The van der Waals surface area contributed by atoms with Crippen LogP contribution in [-0.2, 0) is 10.5 Å². The van der Waals surface area contributed by atoms with Crippen LogP contribution >= 0.6 is 11.6 Å². The Morgan fingerprint density at radius 3 is 2.67 bits per heavy atom. The summed E-state index contributed by atoms with van der Waals surface area (Å²) in [6.07, 6.45) is 2.48. The maximum absolute atomic E-state index is 14.4. The minimum absolute atomic E-state index is 0.121. The number of alkyl halides is 1. The van der Waals surface area contributed by atoms with Crippen LogP contribution in [0.3, 0.4) is 0 Å². The molecule has 0 spiro atoms. The highest BCUT2D eigenvalue weighted by atomic mass is 35.5. The third-order valence-corrected chi connectivity index (χ3v) is 3.09. The van der Waals surface area contributed by atoms with Gasteiger partial charge in [-0.3, -0.25) is 9.78 Å². The van der Waals surface area contributed by atoms with Gasteiger partial charge in [-0.2, -0.15) is 0 Å². The molecule has 0 saturated heterocycles. The van der Waals surface area contributed by atoms with Crippen molar-refractivity contribution in [2.75, 3.05) is 0 Å². The minimum atomic E-state index is -1.52. The van der Waals surface area contributed by atoms with Gasteiger partial charge in [0.1, 0.15) is 5.78 Å². The largest absolute Gasteiger partial charge is 0.300 e. The van der Waals surface area contributed by atoms with Crippen molar-refractivity contribution in [3.8, 4) is 0 Å².